The van der Waals surface area contributed by atoms with Crippen LogP contribution in [0.2, 0.25) is 0 Å². The minimum atomic E-state index is -0.133. The quantitative estimate of drug-likeness (QED) is 0.106. The molecule has 4 nitrogen and oxygen atoms in total. The van der Waals surface area contributed by atoms with Gasteiger partial charge in [0.15, 0.2) is 0 Å². The number of aromatic nitrogens is 2. The van der Waals surface area contributed by atoms with Crippen molar-refractivity contribution in [1.29, 1.82) is 0 Å². The van der Waals surface area contributed by atoms with Gasteiger partial charge in [-0.15, -0.1) is 0 Å². The molecule has 4 heterocycles. The van der Waals surface area contributed by atoms with Crippen molar-refractivity contribution in [3.63, 3.8) is 0 Å². The highest BCUT2D eigenvalue weighted by atomic mass is 15.2. The van der Waals surface area contributed by atoms with Crippen LogP contribution in [0.25, 0.3) is 82.8 Å². The first-order chi connectivity index (χ1) is 38.1. The lowest BCUT2D eigenvalue weighted by Crippen LogP contribution is -2.61. The van der Waals surface area contributed by atoms with Crippen LogP contribution in [0.4, 0.5) is 34.1 Å². The van der Waals surface area contributed by atoms with Gasteiger partial charge in [0.2, 0.25) is 0 Å². The normalized spacial score (nSPS) is 12.8. The zero-order valence-electron chi connectivity index (χ0n) is 42.3. The van der Waals surface area contributed by atoms with E-state index in [0.29, 0.717) is 0 Å². The fraction of sp³-hybridized carbons (Fsp3) is 0. The summed E-state index contributed by atoms with van der Waals surface area (Å²) in [5.41, 5.74) is 24.2. The first-order valence-electron chi connectivity index (χ1n) is 26.4. The maximum Gasteiger partial charge on any atom is 0.252 e. The van der Waals surface area contributed by atoms with Gasteiger partial charge < -0.3 is 18.9 Å². The molecule has 0 fully saturated rings. The van der Waals surface area contributed by atoms with Crippen molar-refractivity contribution in [2.75, 3.05) is 9.80 Å². The first-order valence-corrected chi connectivity index (χ1v) is 26.4. The molecule has 0 atom stereocenters. The molecule has 2 aromatic heterocycles. The van der Waals surface area contributed by atoms with E-state index >= 15 is 0 Å². The number of hydrogen-bond acceptors (Lipinski definition) is 2. The number of allylic oxidation sites excluding steroid dienone is 4. The Morgan fingerprint density at radius 2 is 0.792 bits per heavy atom. The topological polar surface area (TPSA) is 16.3 Å². The Labute approximate surface area is 448 Å². The zero-order chi connectivity index (χ0) is 51.1. The van der Waals surface area contributed by atoms with E-state index in [9.17, 15) is 0 Å². The highest BCUT2D eigenvalue weighted by Crippen LogP contribution is 2.49. The largest absolute Gasteiger partial charge is 0.311 e. The van der Waals surface area contributed by atoms with Crippen LogP contribution >= 0.6 is 0 Å². The van der Waals surface area contributed by atoms with Crippen molar-refractivity contribution in [3.8, 4) is 33.6 Å². The Kier molecular flexibility index (Phi) is 10.3. The third-order valence-electron chi connectivity index (χ3n) is 16.0. The second kappa shape index (κ2) is 17.8. The summed E-state index contributed by atoms with van der Waals surface area (Å²) in [5, 5.41) is 4.95. The van der Waals surface area contributed by atoms with Crippen molar-refractivity contribution in [1.82, 2.24) is 9.13 Å². The van der Waals surface area contributed by atoms with Crippen molar-refractivity contribution in [2.24, 2.45) is 0 Å². The molecular weight excluding hydrogens is 932 g/mol. The molecule has 13 aromatic rings. The molecule has 2 aliphatic rings. The molecule has 0 spiro atoms. The number of anilines is 6. The maximum absolute atomic E-state index is 4.17. The number of para-hydroxylation sites is 4. The zero-order valence-corrected chi connectivity index (χ0v) is 42.3. The molecule has 5 heteroatoms. The van der Waals surface area contributed by atoms with Gasteiger partial charge in [-0.3, -0.25) is 0 Å². The Hall–Kier alpha value is -10.1. The van der Waals surface area contributed by atoms with E-state index in [2.05, 4.69) is 287 Å². The lowest BCUT2D eigenvalue weighted by atomic mass is 9.33. The Balaban J connectivity index is 1.04. The predicted octanol–water partition coefficient (Wildman–Crippen LogP) is 17.1. The monoisotopic (exact) mass is 980 g/mol. The van der Waals surface area contributed by atoms with Crippen molar-refractivity contribution in [3.05, 3.63) is 292 Å². The summed E-state index contributed by atoms with van der Waals surface area (Å²) in [6.45, 7) is 8.05. The summed E-state index contributed by atoms with van der Waals surface area (Å²) in [4.78, 5) is 5.08. The fourth-order valence-corrected chi connectivity index (χ4v) is 12.7. The van der Waals surface area contributed by atoms with Gasteiger partial charge in [0.25, 0.3) is 6.71 Å². The molecule has 0 N–H and O–H groups in total. The molecular formula is C72H49BN4. The Morgan fingerprint density at radius 3 is 1.30 bits per heavy atom. The standard InChI is InChI=1S/C72H49BN4/c1-3-19-48(4-2)50-32-38-54(39-33-50)77-70-47-56(76-66-30-17-13-26-60(66)61-27-14-18-31-67(61)76)41-44-63(70)73-62-43-40-55(75-64-28-15-11-24-58(64)59-25-12-16-29-65(59)75)46-69(62)74(53-36-34-51(35-37-53)49-20-7-5-8-21-49)68-45-42-57(72(77)71(68)73)52-22-9-6-10-23-52/h3-47H,1-2H2/b48-19+. The van der Waals surface area contributed by atoms with E-state index in [1.54, 1.807) is 0 Å². The summed E-state index contributed by atoms with van der Waals surface area (Å²) in [5.74, 6) is 0. The van der Waals surface area contributed by atoms with Gasteiger partial charge in [0.1, 0.15) is 0 Å². The van der Waals surface area contributed by atoms with E-state index in [1.807, 2.05) is 18.2 Å². The van der Waals surface area contributed by atoms with Crippen LogP contribution in [-0.2, 0) is 0 Å². The van der Waals surface area contributed by atoms with Crippen LogP contribution in [0.5, 0.6) is 0 Å². The van der Waals surface area contributed by atoms with Gasteiger partial charge in [0, 0.05) is 66.9 Å². The van der Waals surface area contributed by atoms with E-state index < -0.39 is 0 Å². The van der Waals surface area contributed by atoms with Crippen LogP contribution in [0.15, 0.2) is 286 Å². The predicted molar refractivity (Wildman–Crippen MR) is 328 cm³/mol. The Morgan fingerprint density at radius 1 is 0.364 bits per heavy atom. The molecule has 0 unspecified atom stereocenters. The highest BCUT2D eigenvalue weighted by molar-refractivity contribution is 7.00. The number of rotatable bonds is 9. The fourth-order valence-electron chi connectivity index (χ4n) is 12.7. The van der Waals surface area contributed by atoms with Crippen molar-refractivity contribution in [2.45, 2.75) is 0 Å². The smallest absolute Gasteiger partial charge is 0.252 e. The lowest BCUT2D eigenvalue weighted by molar-refractivity contribution is 1.17. The first kappa shape index (κ1) is 44.4. The molecule has 0 saturated heterocycles. The summed E-state index contributed by atoms with van der Waals surface area (Å²) in [6.07, 6.45) is 5.75. The van der Waals surface area contributed by atoms with Gasteiger partial charge in [0.05, 0.1) is 27.8 Å². The second-order valence-corrected chi connectivity index (χ2v) is 20.1. The molecule has 2 aliphatic heterocycles. The number of fused-ring (bicyclic) bond motifs is 10. The molecule has 0 saturated carbocycles. The van der Waals surface area contributed by atoms with E-state index in [4.69, 9.17) is 0 Å². The van der Waals surface area contributed by atoms with Gasteiger partial charge >= 0.3 is 0 Å². The minimum absolute atomic E-state index is 0.133. The molecule has 360 valence electrons. The van der Waals surface area contributed by atoms with E-state index in [0.717, 1.165) is 67.8 Å². The van der Waals surface area contributed by atoms with Crippen LogP contribution in [-0.4, -0.2) is 15.8 Å². The molecule has 0 amide bonds. The van der Waals surface area contributed by atoms with Gasteiger partial charge in [-0.05, 0) is 123 Å². The second-order valence-electron chi connectivity index (χ2n) is 20.1. The number of benzene rings is 11. The molecule has 11 aromatic carbocycles. The van der Waals surface area contributed by atoms with Crippen molar-refractivity contribution < 1.29 is 0 Å². The number of nitrogens with zero attached hydrogens (tertiary/aromatic N) is 4. The van der Waals surface area contributed by atoms with Crippen LogP contribution in [0.3, 0.4) is 0 Å². The lowest BCUT2D eigenvalue weighted by Gasteiger charge is -2.45. The third-order valence-corrected chi connectivity index (χ3v) is 16.0. The maximum atomic E-state index is 4.17. The average Bonchev–Trinajstić information content (AvgIpc) is 4.07. The van der Waals surface area contributed by atoms with Crippen LogP contribution in [0.1, 0.15) is 5.56 Å². The van der Waals surface area contributed by atoms with Gasteiger partial charge in [-0.25, -0.2) is 0 Å². The molecule has 0 aliphatic carbocycles. The van der Waals surface area contributed by atoms with Crippen LogP contribution in [0, 0.1) is 0 Å². The van der Waals surface area contributed by atoms with Crippen molar-refractivity contribution >= 4 is 106 Å². The third kappa shape index (κ3) is 6.87. The number of hydrogen-bond donors (Lipinski definition) is 0. The van der Waals surface area contributed by atoms with E-state index in [-0.39, 0.29) is 6.71 Å². The van der Waals surface area contributed by atoms with Gasteiger partial charge in [-0.1, -0.05) is 207 Å². The molecule has 15 rings (SSSR count). The van der Waals surface area contributed by atoms with E-state index in [1.165, 1.54) is 71.1 Å². The summed E-state index contributed by atoms with van der Waals surface area (Å²) in [7, 11) is 0. The van der Waals surface area contributed by atoms with Crippen LogP contribution < -0.4 is 26.2 Å². The van der Waals surface area contributed by atoms with Gasteiger partial charge in [-0.2, -0.15) is 0 Å². The highest BCUT2D eigenvalue weighted by Gasteiger charge is 2.45. The summed E-state index contributed by atoms with van der Waals surface area (Å²) in [6, 6.07) is 94.1. The SMILES string of the molecule is C=C/C=C(\C=C)c1ccc(N2c3cc(-n4c5ccccc5c5ccccc54)ccc3B3c4ccc(-n5c6ccccc6c6ccccc65)cc4N(c4ccc(-c5ccccc5)cc4)c4ccc(-c5ccccc5)c2c43)cc1. The molecule has 0 radical (unpaired) electrons. The molecule has 0 bridgehead atoms. The summed E-state index contributed by atoms with van der Waals surface area (Å²) < 4.78 is 4.89. The molecule has 77 heavy (non-hydrogen) atoms. The summed E-state index contributed by atoms with van der Waals surface area (Å²) >= 11 is 0. The Bertz CT molecular complexity index is 4440. The minimum Gasteiger partial charge on any atom is -0.311 e. The average molecular weight is 981 g/mol.